The maximum absolute atomic E-state index is 5.39. The Balaban J connectivity index is 0.00000180. The van der Waals surface area contributed by atoms with Gasteiger partial charge in [-0.3, -0.25) is 4.90 Å². The van der Waals surface area contributed by atoms with Crippen LogP contribution in [0, 0.1) is 0 Å². The molecular weight excluding hydrogens is 351 g/mol. The van der Waals surface area contributed by atoms with E-state index < -0.39 is 0 Å². The summed E-state index contributed by atoms with van der Waals surface area (Å²) in [6.07, 6.45) is 4.00. The van der Waals surface area contributed by atoms with Gasteiger partial charge in [-0.2, -0.15) is 0 Å². The van der Waals surface area contributed by atoms with Gasteiger partial charge in [-0.1, -0.05) is 30.7 Å². The van der Waals surface area contributed by atoms with Crippen molar-refractivity contribution in [3.63, 3.8) is 0 Å². The molecular formula is C14H23IN4. The van der Waals surface area contributed by atoms with Crippen LogP contribution in [0.25, 0.3) is 0 Å². The highest BCUT2D eigenvalue weighted by atomic mass is 127. The average molecular weight is 374 g/mol. The number of aliphatic imine (C=N–C) groups is 1. The van der Waals surface area contributed by atoms with Gasteiger partial charge in [0.15, 0.2) is 5.96 Å². The van der Waals surface area contributed by atoms with Gasteiger partial charge in [-0.15, -0.1) is 24.0 Å². The van der Waals surface area contributed by atoms with Gasteiger partial charge in [0, 0.05) is 6.54 Å². The van der Waals surface area contributed by atoms with E-state index in [0.29, 0.717) is 6.54 Å². The second-order valence-electron chi connectivity index (χ2n) is 4.85. The molecule has 1 heterocycles. The van der Waals surface area contributed by atoms with Crippen molar-refractivity contribution in [2.24, 2.45) is 16.5 Å². The van der Waals surface area contributed by atoms with Crippen LogP contribution in [0.2, 0.25) is 0 Å². The normalized spacial score (nSPS) is 15.6. The van der Waals surface area contributed by atoms with Crippen LogP contribution in [0.1, 0.15) is 30.4 Å². The molecule has 0 saturated carbocycles. The molecule has 19 heavy (non-hydrogen) atoms. The van der Waals surface area contributed by atoms with Gasteiger partial charge >= 0.3 is 0 Å². The molecule has 1 fully saturated rings. The summed E-state index contributed by atoms with van der Waals surface area (Å²) in [7, 11) is 0. The first-order valence-corrected chi connectivity index (χ1v) is 6.60. The Morgan fingerprint density at radius 2 is 1.68 bits per heavy atom. The summed E-state index contributed by atoms with van der Waals surface area (Å²) in [4.78, 5) is 6.61. The third-order valence-electron chi connectivity index (χ3n) is 3.39. The quantitative estimate of drug-likeness (QED) is 0.482. The highest BCUT2D eigenvalue weighted by Crippen LogP contribution is 2.16. The molecule has 2 rings (SSSR count). The maximum atomic E-state index is 5.39. The molecule has 106 valence electrons. The van der Waals surface area contributed by atoms with E-state index in [2.05, 4.69) is 28.1 Å². The summed E-state index contributed by atoms with van der Waals surface area (Å²) in [6.45, 7) is 4.00. The minimum absolute atomic E-state index is 0. The van der Waals surface area contributed by atoms with Crippen LogP contribution in [0.4, 0.5) is 0 Å². The van der Waals surface area contributed by atoms with Crippen LogP contribution < -0.4 is 11.5 Å². The summed E-state index contributed by atoms with van der Waals surface area (Å²) in [5.41, 5.74) is 13.3. The first-order chi connectivity index (χ1) is 8.75. The largest absolute Gasteiger partial charge is 0.370 e. The topological polar surface area (TPSA) is 67.6 Å². The molecule has 1 saturated heterocycles. The number of guanidine groups is 1. The van der Waals surface area contributed by atoms with Crippen molar-refractivity contribution in [2.45, 2.75) is 32.4 Å². The number of likely N-dealkylation sites (tertiary alicyclic amines) is 1. The van der Waals surface area contributed by atoms with E-state index in [1.54, 1.807) is 0 Å². The lowest BCUT2D eigenvalue weighted by molar-refractivity contribution is 0.220. The summed E-state index contributed by atoms with van der Waals surface area (Å²) in [6, 6.07) is 8.40. The maximum Gasteiger partial charge on any atom is 0.186 e. The Kier molecular flexibility index (Phi) is 7.15. The molecule has 0 atom stereocenters. The number of hydrogen-bond donors (Lipinski definition) is 2. The Bertz CT molecular complexity index is 410. The molecule has 0 bridgehead atoms. The predicted octanol–water partition coefficient (Wildman–Crippen LogP) is 2.06. The summed E-state index contributed by atoms with van der Waals surface area (Å²) < 4.78 is 0. The number of halogens is 1. The summed E-state index contributed by atoms with van der Waals surface area (Å²) in [5, 5.41) is 0. The smallest absolute Gasteiger partial charge is 0.186 e. The molecule has 1 aromatic carbocycles. The van der Waals surface area contributed by atoms with Crippen LogP contribution >= 0.6 is 24.0 Å². The van der Waals surface area contributed by atoms with Gasteiger partial charge in [0.1, 0.15) is 0 Å². The molecule has 1 aliphatic rings. The van der Waals surface area contributed by atoms with Crippen molar-refractivity contribution >= 4 is 29.9 Å². The zero-order chi connectivity index (χ0) is 12.8. The first kappa shape index (κ1) is 16.2. The lowest BCUT2D eigenvalue weighted by Crippen LogP contribution is -2.29. The molecule has 1 aliphatic heterocycles. The van der Waals surface area contributed by atoms with Gasteiger partial charge < -0.3 is 11.5 Å². The standard InChI is InChI=1S/C14H22N4.HI/c15-14(16)17-10-12-6-2-3-7-13(12)11-18-8-4-1-5-9-18;/h2-3,6-7H,1,4-5,8-11H2,(H4,15,16,17);1H. The van der Waals surface area contributed by atoms with E-state index in [1.165, 1.54) is 43.5 Å². The lowest BCUT2D eigenvalue weighted by Gasteiger charge is -2.27. The van der Waals surface area contributed by atoms with E-state index in [4.69, 9.17) is 11.5 Å². The van der Waals surface area contributed by atoms with E-state index >= 15 is 0 Å². The molecule has 0 radical (unpaired) electrons. The number of rotatable bonds is 4. The molecule has 0 amide bonds. The fourth-order valence-corrected chi connectivity index (χ4v) is 2.40. The molecule has 5 heteroatoms. The van der Waals surface area contributed by atoms with Gasteiger partial charge in [0.05, 0.1) is 6.54 Å². The SMILES string of the molecule is I.NC(N)=NCc1ccccc1CN1CCCCC1. The predicted molar refractivity (Wildman–Crippen MR) is 90.5 cm³/mol. The van der Waals surface area contributed by atoms with Gasteiger partial charge in [-0.05, 0) is 37.1 Å². The summed E-state index contributed by atoms with van der Waals surface area (Å²) >= 11 is 0. The van der Waals surface area contributed by atoms with E-state index in [-0.39, 0.29) is 29.9 Å². The lowest BCUT2D eigenvalue weighted by atomic mass is 10.1. The second-order valence-corrected chi connectivity index (χ2v) is 4.85. The number of nitrogens with two attached hydrogens (primary N) is 2. The monoisotopic (exact) mass is 374 g/mol. The minimum atomic E-state index is 0. The van der Waals surface area contributed by atoms with E-state index in [9.17, 15) is 0 Å². The molecule has 0 unspecified atom stereocenters. The summed E-state index contributed by atoms with van der Waals surface area (Å²) in [5.74, 6) is 0.155. The molecule has 0 spiro atoms. The minimum Gasteiger partial charge on any atom is -0.370 e. The number of nitrogens with zero attached hydrogens (tertiary/aromatic N) is 2. The van der Waals surface area contributed by atoms with E-state index in [0.717, 1.165) is 6.54 Å². The fraction of sp³-hybridized carbons (Fsp3) is 0.500. The van der Waals surface area contributed by atoms with Crippen LogP contribution in [-0.4, -0.2) is 23.9 Å². The first-order valence-electron chi connectivity index (χ1n) is 6.60. The fourth-order valence-electron chi connectivity index (χ4n) is 2.40. The van der Waals surface area contributed by atoms with Crippen molar-refractivity contribution < 1.29 is 0 Å². The number of hydrogen-bond acceptors (Lipinski definition) is 2. The second kappa shape index (κ2) is 8.37. The number of benzene rings is 1. The molecule has 0 aliphatic carbocycles. The zero-order valence-electron chi connectivity index (χ0n) is 11.2. The highest BCUT2D eigenvalue weighted by Gasteiger charge is 2.11. The average Bonchev–Trinajstić information content (AvgIpc) is 2.39. The zero-order valence-corrected chi connectivity index (χ0v) is 13.5. The van der Waals surface area contributed by atoms with Crippen LogP contribution in [0.3, 0.4) is 0 Å². The van der Waals surface area contributed by atoms with E-state index in [1.807, 2.05) is 6.07 Å². The molecule has 1 aromatic rings. The Morgan fingerprint density at radius 1 is 1.05 bits per heavy atom. The third-order valence-corrected chi connectivity index (χ3v) is 3.39. The van der Waals surface area contributed by atoms with Crippen LogP contribution in [0.5, 0.6) is 0 Å². The van der Waals surface area contributed by atoms with Gasteiger partial charge in [0.2, 0.25) is 0 Å². The Hall–Kier alpha value is -0.820. The molecule has 4 nitrogen and oxygen atoms in total. The van der Waals surface area contributed by atoms with Crippen molar-refractivity contribution in [3.05, 3.63) is 35.4 Å². The highest BCUT2D eigenvalue weighted by molar-refractivity contribution is 14.0. The van der Waals surface area contributed by atoms with Crippen LogP contribution in [-0.2, 0) is 13.1 Å². The van der Waals surface area contributed by atoms with Crippen LogP contribution in [0.15, 0.2) is 29.3 Å². The molecule has 4 N–H and O–H groups in total. The van der Waals surface area contributed by atoms with Crippen molar-refractivity contribution in [2.75, 3.05) is 13.1 Å². The Labute approximate surface area is 132 Å². The van der Waals surface area contributed by atoms with Gasteiger partial charge in [-0.25, -0.2) is 4.99 Å². The third kappa shape index (κ3) is 5.36. The van der Waals surface area contributed by atoms with Gasteiger partial charge in [0.25, 0.3) is 0 Å². The van der Waals surface area contributed by atoms with Crippen molar-refractivity contribution in [3.8, 4) is 0 Å². The Morgan fingerprint density at radius 3 is 2.32 bits per heavy atom. The van der Waals surface area contributed by atoms with Crippen molar-refractivity contribution in [1.29, 1.82) is 0 Å². The van der Waals surface area contributed by atoms with Crippen molar-refractivity contribution in [1.82, 2.24) is 4.90 Å². The molecule has 0 aromatic heterocycles. The number of piperidine rings is 1.